The molecular weight excluding hydrogens is 318 g/mol. The van der Waals surface area contributed by atoms with E-state index in [-0.39, 0.29) is 17.5 Å². The van der Waals surface area contributed by atoms with Crippen LogP contribution in [0.1, 0.15) is 55.7 Å². The number of hydrogen-bond acceptors (Lipinski definition) is 7. The van der Waals surface area contributed by atoms with Crippen LogP contribution < -0.4 is 0 Å². The maximum Gasteiger partial charge on any atom is 0.154 e. The highest BCUT2D eigenvalue weighted by atomic mass is 32.2. The normalized spacial score (nSPS) is 24.4. The van der Waals surface area contributed by atoms with Gasteiger partial charge in [-0.25, -0.2) is 22.8 Å². The fraction of sp³-hybridized carbons (Fsp3) is 0.769. The van der Waals surface area contributed by atoms with E-state index in [0.717, 1.165) is 24.5 Å². The Labute approximate surface area is 134 Å². The van der Waals surface area contributed by atoms with Crippen molar-refractivity contribution in [2.45, 2.75) is 50.6 Å². The van der Waals surface area contributed by atoms with Crippen LogP contribution in [0.3, 0.4) is 0 Å². The molecule has 23 heavy (non-hydrogen) atoms. The Balaban J connectivity index is 1.67. The van der Waals surface area contributed by atoms with Crippen molar-refractivity contribution in [1.82, 2.24) is 35.0 Å². The summed E-state index contributed by atoms with van der Waals surface area (Å²) >= 11 is 0. The van der Waals surface area contributed by atoms with Crippen LogP contribution in [0.15, 0.2) is 6.33 Å². The second kappa shape index (κ2) is 5.66. The minimum absolute atomic E-state index is 0.130. The molecule has 1 saturated heterocycles. The van der Waals surface area contributed by atoms with Gasteiger partial charge in [0, 0.05) is 5.92 Å². The molecule has 2 aromatic rings. The van der Waals surface area contributed by atoms with Gasteiger partial charge in [-0.1, -0.05) is 12.8 Å². The van der Waals surface area contributed by atoms with E-state index in [0.29, 0.717) is 18.9 Å². The summed E-state index contributed by atoms with van der Waals surface area (Å²) in [5.74, 6) is 2.34. The molecule has 1 atom stereocenters. The Kier molecular flexibility index (Phi) is 3.63. The van der Waals surface area contributed by atoms with Gasteiger partial charge in [0.25, 0.3) is 0 Å². The Morgan fingerprint density at radius 3 is 2.70 bits per heavy atom. The van der Waals surface area contributed by atoms with Crippen LogP contribution in [0.4, 0.5) is 0 Å². The molecule has 2 fully saturated rings. The highest BCUT2D eigenvalue weighted by Crippen LogP contribution is 2.33. The molecule has 9 nitrogen and oxygen atoms in total. The van der Waals surface area contributed by atoms with Gasteiger partial charge in [0.05, 0.1) is 17.5 Å². The lowest BCUT2D eigenvalue weighted by molar-refractivity contribution is 0.457. The maximum absolute atomic E-state index is 11.8. The number of tetrazole rings is 1. The van der Waals surface area contributed by atoms with Gasteiger partial charge < -0.3 is 0 Å². The third-order valence-corrected chi connectivity index (χ3v) is 6.44. The SMILES string of the molecule is O=S1(=O)CCC(n2nc(C3CCCC3)nc2Cn2cnnn2)C1. The molecule has 1 aliphatic heterocycles. The highest BCUT2D eigenvalue weighted by Gasteiger charge is 2.33. The predicted molar refractivity (Wildman–Crippen MR) is 80.5 cm³/mol. The number of sulfone groups is 1. The van der Waals surface area contributed by atoms with Gasteiger partial charge in [-0.2, -0.15) is 5.10 Å². The second-order valence-electron chi connectivity index (χ2n) is 6.38. The van der Waals surface area contributed by atoms with E-state index < -0.39 is 9.84 Å². The molecule has 2 aliphatic rings. The summed E-state index contributed by atoms with van der Waals surface area (Å²) < 4.78 is 27.0. The molecule has 0 N–H and O–H groups in total. The van der Waals surface area contributed by atoms with Gasteiger partial charge in [-0.3, -0.25) is 0 Å². The maximum atomic E-state index is 11.8. The minimum Gasteiger partial charge on any atom is -0.244 e. The number of aromatic nitrogens is 7. The molecule has 0 radical (unpaired) electrons. The zero-order valence-electron chi connectivity index (χ0n) is 12.7. The van der Waals surface area contributed by atoms with Gasteiger partial charge in [0.15, 0.2) is 15.7 Å². The van der Waals surface area contributed by atoms with Crippen LogP contribution in [-0.2, 0) is 16.4 Å². The van der Waals surface area contributed by atoms with Crippen molar-refractivity contribution in [1.29, 1.82) is 0 Å². The molecule has 1 unspecified atom stereocenters. The number of hydrogen-bond donors (Lipinski definition) is 0. The summed E-state index contributed by atoms with van der Waals surface area (Å²) in [6, 6.07) is -0.130. The lowest BCUT2D eigenvalue weighted by atomic mass is 10.1. The molecule has 1 saturated carbocycles. The first kappa shape index (κ1) is 14.7. The van der Waals surface area contributed by atoms with E-state index in [1.54, 1.807) is 9.36 Å². The highest BCUT2D eigenvalue weighted by molar-refractivity contribution is 7.91. The first-order valence-corrected chi connectivity index (χ1v) is 9.79. The molecule has 0 bridgehead atoms. The van der Waals surface area contributed by atoms with Gasteiger partial charge >= 0.3 is 0 Å². The fourth-order valence-electron chi connectivity index (χ4n) is 3.50. The van der Waals surface area contributed by atoms with Crippen LogP contribution in [0, 0.1) is 0 Å². The van der Waals surface area contributed by atoms with Crippen molar-refractivity contribution >= 4 is 9.84 Å². The fourth-order valence-corrected chi connectivity index (χ4v) is 5.19. The average molecular weight is 337 g/mol. The molecular formula is C13H19N7O2S. The molecule has 2 aromatic heterocycles. The Morgan fingerprint density at radius 2 is 2.04 bits per heavy atom. The molecule has 3 heterocycles. The van der Waals surface area contributed by atoms with Gasteiger partial charge in [0.1, 0.15) is 18.7 Å². The zero-order valence-corrected chi connectivity index (χ0v) is 13.6. The van der Waals surface area contributed by atoms with E-state index >= 15 is 0 Å². The standard InChI is InChI=1S/C13H19N7O2S/c21-23(22)6-5-11(8-23)20-12(7-19-9-14-17-18-19)15-13(16-20)10-3-1-2-4-10/h9-11H,1-8H2. The molecule has 0 amide bonds. The van der Waals surface area contributed by atoms with Crippen molar-refractivity contribution in [2.24, 2.45) is 0 Å². The first-order valence-electron chi connectivity index (χ1n) is 7.97. The summed E-state index contributed by atoms with van der Waals surface area (Å²) in [6.07, 6.45) is 6.76. The number of rotatable bonds is 4. The Morgan fingerprint density at radius 1 is 1.22 bits per heavy atom. The van der Waals surface area contributed by atoms with Crippen molar-refractivity contribution in [2.75, 3.05) is 11.5 Å². The van der Waals surface area contributed by atoms with Crippen LogP contribution in [0.2, 0.25) is 0 Å². The van der Waals surface area contributed by atoms with Crippen molar-refractivity contribution in [3.63, 3.8) is 0 Å². The van der Waals surface area contributed by atoms with E-state index in [1.165, 1.54) is 19.2 Å². The summed E-state index contributed by atoms with van der Waals surface area (Å²) in [4.78, 5) is 4.70. The summed E-state index contributed by atoms with van der Waals surface area (Å²) in [7, 11) is -2.97. The number of nitrogens with zero attached hydrogens (tertiary/aromatic N) is 7. The Bertz CT molecular complexity index is 777. The van der Waals surface area contributed by atoms with E-state index in [1.807, 2.05) is 0 Å². The predicted octanol–water partition coefficient (Wildman–Crippen LogP) is 0.330. The van der Waals surface area contributed by atoms with Crippen LogP contribution in [-0.4, -0.2) is 54.9 Å². The van der Waals surface area contributed by atoms with E-state index in [2.05, 4.69) is 20.6 Å². The third-order valence-electron chi connectivity index (χ3n) is 4.69. The second-order valence-corrected chi connectivity index (χ2v) is 8.61. The summed E-state index contributed by atoms with van der Waals surface area (Å²) in [5, 5.41) is 15.8. The van der Waals surface area contributed by atoms with E-state index in [9.17, 15) is 8.42 Å². The smallest absolute Gasteiger partial charge is 0.154 e. The van der Waals surface area contributed by atoms with Crippen LogP contribution >= 0.6 is 0 Å². The minimum atomic E-state index is -2.97. The van der Waals surface area contributed by atoms with E-state index in [4.69, 9.17) is 4.98 Å². The van der Waals surface area contributed by atoms with Gasteiger partial charge in [-0.05, 0) is 29.7 Å². The molecule has 1 aliphatic carbocycles. The van der Waals surface area contributed by atoms with Crippen molar-refractivity contribution in [3.05, 3.63) is 18.0 Å². The van der Waals surface area contributed by atoms with Crippen LogP contribution in [0.25, 0.3) is 0 Å². The van der Waals surface area contributed by atoms with Crippen LogP contribution in [0.5, 0.6) is 0 Å². The zero-order chi connectivity index (χ0) is 15.9. The molecule has 0 spiro atoms. The molecule has 124 valence electrons. The lowest BCUT2D eigenvalue weighted by Crippen LogP contribution is -2.17. The Hall–Kier alpha value is -1.84. The van der Waals surface area contributed by atoms with Gasteiger partial charge in [-0.15, -0.1) is 5.10 Å². The lowest BCUT2D eigenvalue weighted by Gasteiger charge is -2.11. The molecule has 0 aromatic carbocycles. The molecule has 4 rings (SSSR count). The van der Waals surface area contributed by atoms with Crippen molar-refractivity contribution in [3.8, 4) is 0 Å². The quantitative estimate of drug-likeness (QED) is 0.791. The van der Waals surface area contributed by atoms with Gasteiger partial charge in [0.2, 0.25) is 0 Å². The molecule has 10 heteroatoms. The first-order chi connectivity index (χ1) is 11.1. The monoisotopic (exact) mass is 337 g/mol. The average Bonchev–Trinajstić information content (AvgIpc) is 3.25. The van der Waals surface area contributed by atoms with Crippen molar-refractivity contribution < 1.29 is 8.42 Å². The topological polar surface area (TPSA) is 108 Å². The third kappa shape index (κ3) is 2.99. The largest absolute Gasteiger partial charge is 0.244 e. The summed E-state index contributed by atoms with van der Waals surface area (Å²) in [5.41, 5.74) is 0. The summed E-state index contributed by atoms with van der Waals surface area (Å²) in [6.45, 7) is 0.406.